The lowest BCUT2D eigenvalue weighted by atomic mass is 9.91. The Balaban J connectivity index is 2.15. The molecular formula is C18H21NO. The summed E-state index contributed by atoms with van der Waals surface area (Å²) in [7, 11) is 0. The van der Waals surface area contributed by atoms with Gasteiger partial charge in [0, 0.05) is 18.9 Å². The van der Waals surface area contributed by atoms with Gasteiger partial charge in [-0.15, -0.1) is 0 Å². The van der Waals surface area contributed by atoms with Crippen LogP contribution < -0.4 is 5.32 Å². The fourth-order valence-corrected chi connectivity index (χ4v) is 2.33. The zero-order chi connectivity index (χ0) is 14.2. The highest BCUT2D eigenvalue weighted by Crippen LogP contribution is 2.23. The maximum Gasteiger partial charge on any atom is 0.220 e. The van der Waals surface area contributed by atoms with Crippen LogP contribution in [-0.4, -0.2) is 12.5 Å². The van der Waals surface area contributed by atoms with Gasteiger partial charge in [0.1, 0.15) is 0 Å². The van der Waals surface area contributed by atoms with E-state index in [1.54, 1.807) is 0 Å². The van der Waals surface area contributed by atoms with E-state index in [-0.39, 0.29) is 11.8 Å². The van der Waals surface area contributed by atoms with Crippen molar-refractivity contribution in [3.8, 4) is 0 Å². The van der Waals surface area contributed by atoms with Gasteiger partial charge in [-0.05, 0) is 17.5 Å². The topological polar surface area (TPSA) is 29.1 Å². The largest absolute Gasteiger partial charge is 0.355 e. The summed E-state index contributed by atoms with van der Waals surface area (Å²) in [5, 5.41) is 3.04. The van der Waals surface area contributed by atoms with Crippen LogP contribution in [0.3, 0.4) is 0 Å². The lowest BCUT2D eigenvalue weighted by Crippen LogP contribution is -2.28. The van der Waals surface area contributed by atoms with Crippen molar-refractivity contribution >= 4 is 5.91 Å². The molecule has 0 fully saturated rings. The second-order valence-corrected chi connectivity index (χ2v) is 4.93. The molecule has 0 unspecified atom stereocenters. The number of carbonyl (C=O) groups is 1. The molecule has 0 atom stereocenters. The molecule has 0 radical (unpaired) electrons. The summed E-state index contributed by atoms with van der Waals surface area (Å²) >= 11 is 0. The molecule has 0 saturated carbocycles. The number of carbonyl (C=O) groups excluding carboxylic acids is 1. The van der Waals surface area contributed by atoms with Crippen LogP contribution in [-0.2, 0) is 4.79 Å². The molecular weight excluding hydrogens is 246 g/mol. The molecule has 0 heterocycles. The van der Waals surface area contributed by atoms with Crippen molar-refractivity contribution in [1.82, 2.24) is 5.32 Å². The highest BCUT2D eigenvalue weighted by Gasteiger charge is 2.14. The fourth-order valence-electron chi connectivity index (χ4n) is 2.33. The van der Waals surface area contributed by atoms with Crippen molar-refractivity contribution < 1.29 is 4.79 Å². The predicted octanol–water partition coefficient (Wildman–Crippen LogP) is 3.73. The van der Waals surface area contributed by atoms with Crippen LogP contribution in [0.25, 0.3) is 0 Å². The third-order valence-corrected chi connectivity index (χ3v) is 3.38. The average molecular weight is 267 g/mol. The van der Waals surface area contributed by atoms with Gasteiger partial charge in [-0.25, -0.2) is 0 Å². The average Bonchev–Trinajstić information content (AvgIpc) is 2.50. The van der Waals surface area contributed by atoms with Crippen molar-refractivity contribution in [3.63, 3.8) is 0 Å². The Bertz CT molecular complexity index is 482. The molecule has 1 amide bonds. The summed E-state index contributed by atoms with van der Waals surface area (Å²) in [6.07, 6.45) is 1.48. The summed E-state index contributed by atoms with van der Waals surface area (Å²) in [6, 6.07) is 20.7. The molecule has 0 aliphatic rings. The molecule has 104 valence electrons. The lowest BCUT2D eigenvalue weighted by molar-refractivity contribution is -0.121. The normalized spacial score (nSPS) is 10.5. The Hall–Kier alpha value is -2.09. The van der Waals surface area contributed by atoms with Crippen LogP contribution in [0.1, 0.15) is 36.8 Å². The van der Waals surface area contributed by atoms with Crippen molar-refractivity contribution in [2.45, 2.75) is 25.7 Å². The first kappa shape index (κ1) is 14.3. The maximum atomic E-state index is 11.7. The second kappa shape index (κ2) is 7.49. The van der Waals surface area contributed by atoms with Gasteiger partial charge in [0.15, 0.2) is 0 Å². The fraction of sp³-hybridized carbons (Fsp3) is 0.278. The molecule has 20 heavy (non-hydrogen) atoms. The lowest BCUT2D eigenvalue weighted by Gasteiger charge is -2.18. The van der Waals surface area contributed by atoms with E-state index in [2.05, 4.69) is 29.6 Å². The Labute approximate surface area is 120 Å². The van der Waals surface area contributed by atoms with Gasteiger partial charge in [-0.2, -0.15) is 0 Å². The molecule has 0 spiro atoms. The minimum atomic E-state index is 0.129. The second-order valence-electron chi connectivity index (χ2n) is 4.93. The van der Waals surface area contributed by atoms with E-state index < -0.39 is 0 Å². The molecule has 0 aliphatic carbocycles. The van der Waals surface area contributed by atoms with Gasteiger partial charge < -0.3 is 5.32 Å². The number of rotatable bonds is 6. The van der Waals surface area contributed by atoms with E-state index in [0.29, 0.717) is 13.0 Å². The van der Waals surface area contributed by atoms with Crippen LogP contribution in [0.2, 0.25) is 0 Å². The molecule has 2 heteroatoms. The van der Waals surface area contributed by atoms with Gasteiger partial charge in [-0.3, -0.25) is 4.79 Å². The molecule has 2 nitrogen and oxygen atoms in total. The molecule has 2 rings (SSSR count). The molecule has 0 aromatic heterocycles. The van der Waals surface area contributed by atoms with Gasteiger partial charge in [0.05, 0.1) is 0 Å². The summed E-state index contributed by atoms with van der Waals surface area (Å²) in [5.41, 5.74) is 2.46. The zero-order valence-corrected chi connectivity index (χ0v) is 11.9. The van der Waals surface area contributed by atoms with E-state index in [0.717, 1.165) is 6.42 Å². The Morgan fingerprint density at radius 3 is 1.90 bits per heavy atom. The van der Waals surface area contributed by atoms with Gasteiger partial charge >= 0.3 is 0 Å². The summed E-state index contributed by atoms with van der Waals surface area (Å²) in [6.45, 7) is 2.66. The smallest absolute Gasteiger partial charge is 0.220 e. The predicted molar refractivity (Wildman–Crippen MR) is 82.6 cm³/mol. The number of nitrogens with one attached hydrogen (secondary N) is 1. The summed E-state index contributed by atoms with van der Waals surface area (Å²) in [4.78, 5) is 11.7. The monoisotopic (exact) mass is 267 g/mol. The van der Waals surface area contributed by atoms with Crippen molar-refractivity contribution in [2.24, 2.45) is 0 Å². The molecule has 0 bridgehead atoms. The number of amides is 1. The van der Waals surface area contributed by atoms with E-state index in [4.69, 9.17) is 0 Å². The van der Waals surface area contributed by atoms with Gasteiger partial charge in [-0.1, -0.05) is 67.6 Å². The van der Waals surface area contributed by atoms with E-state index in [9.17, 15) is 4.79 Å². The molecule has 0 aliphatic heterocycles. The Kier molecular flexibility index (Phi) is 5.36. The number of benzene rings is 2. The summed E-state index contributed by atoms with van der Waals surface area (Å²) < 4.78 is 0. The SMILES string of the molecule is CCCC(=O)NCC(c1ccccc1)c1ccccc1. The van der Waals surface area contributed by atoms with Crippen LogP contribution in [0, 0.1) is 0 Å². The van der Waals surface area contributed by atoms with E-state index >= 15 is 0 Å². The van der Waals surface area contributed by atoms with E-state index in [1.807, 2.05) is 43.3 Å². The standard InChI is InChI=1S/C18H21NO/c1-2-9-18(20)19-14-17(15-10-5-3-6-11-15)16-12-7-4-8-13-16/h3-8,10-13,17H,2,9,14H2,1H3,(H,19,20). The van der Waals surface area contributed by atoms with Crippen LogP contribution >= 0.6 is 0 Å². The van der Waals surface area contributed by atoms with Gasteiger partial charge in [0.2, 0.25) is 5.91 Å². The molecule has 2 aromatic rings. The number of hydrogen-bond donors (Lipinski definition) is 1. The molecule has 1 N–H and O–H groups in total. The first-order valence-corrected chi connectivity index (χ1v) is 7.18. The highest BCUT2D eigenvalue weighted by atomic mass is 16.1. The highest BCUT2D eigenvalue weighted by molar-refractivity contribution is 5.75. The van der Waals surface area contributed by atoms with Gasteiger partial charge in [0.25, 0.3) is 0 Å². The van der Waals surface area contributed by atoms with Crippen molar-refractivity contribution in [1.29, 1.82) is 0 Å². The zero-order valence-electron chi connectivity index (χ0n) is 11.9. The Morgan fingerprint density at radius 2 is 1.45 bits per heavy atom. The van der Waals surface area contributed by atoms with Crippen LogP contribution in [0.15, 0.2) is 60.7 Å². The Morgan fingerprint density at radius 1 is 0.950 bits per heavy atom. The first-order valence-electron chi connectivity index (χ1n) is 7.18. The van der Waals surface area contributed by atoms with Crippen LogP contribution in [0.4, 0.5) is 0 Å². The maximum absolute atomic E-state index is 11.7. The third-order valence-electron chi connectivity index (χ3n) is 3.38. The summed E-state index contributed by atoms with van der Waals surface area (Å²) in [5.74, 6) is 0.336. The molecule has 2 aromatic carbocycles. The quantitative estimate of drug-likeness (QED) is 0.849. The number of hydrogen-bond acceptors (Lipinski definition) is 1. The first-order chi connectivity index (χ1) is 9.81. The van der Waals surface area contributed by atoms with Crippen molar-refractivity contribution in [3.05, 3.63) is 71.8 Å². The van der Waals surface area contributed by atoms with Crippen molar-refractivity contribution in [2.75, 3.05) is 6.54 Å². The van der Waals surface area contributed by atoms with E-state index in [1.165, 1.54) is 11.1 Å². The van der Waals surface area contributed by atoms with Crippen LogP contribution in [0.5, 0.6) is 0 Å². The minimum Gasteiger partial charge on any atom is -0.355 e. The third kappa shape index (κ3) is 3.95. The minimum absolute atomic E-state index is 0.129. The molecule has 0 saturated heterocycles.